The molecule has 0 amide bonds. The summed E-state index contributed by atoms with van der Waals surface area (Å²) in [5, 5.41) is 9.14. The van der Waals surface area contributed by atoms with Gasteiger partial charge in [0.1, 0.15) is 10.7 Å². The minimum absolute atomic E-state index is 0.0854. The van der Waals surface area contributed by atoms with Crippen LogP contribution in [0, 0.1) is 17.7 Å². The fourth-order valence-electron chi connectivity index (χ4n) is 2.17. The highest BCUT2D eigenvalue weighted by molar-refractivity contribution is 7.89. The highest BCUT2D eigenvalue weighted by atomic mass is 35.5. The highest BCUT2D eigenvalue weighted by Gasteiger charge is 2.37. The summed E-state index contributed by atoms with van der Waals surface area (Å²) in [6.07, 6.45) is 0.986. The molecule has 20 heavy (non-hydrogen) atoms. The van der Waals surface area contributed by atoms with Gasteiger partial charge < -0.3 is 5.11 Å². The Kier molecular flexibility index (Phi) is 4.39. The van der Waals surface area contributed by atoms with E-state index in [-0.39, 0.29) is 10.6 Å². The molecule has 1 N–H and O–H groups in total. The lowest BCUT2D eigenvalue weighted by molar-refractivity contribution is 0.274. The Labute approximate surface area is 123 Å². The van der Waals surface area contributed by atoms with Crippen LogP contribution in [0.25, 0.3) is 0 Å². The molecule has 1 saturated carbocycles. The second kappa shape index (κ2) is 5.60. The van der Waals surface area contributed by atoms with Crippen molar-refractivity contribution in [3.8, 4) is 0 Å². The van der Waals surface area contributed by atoms with E-state index in [4.69, 9.17) is 16.7 Å². The second-order valence-corrected chi connectivity index (χ2v) is 7.74. The molecule has 2 unspecified atom stereocenters. The number of sulfonamides is 1. The van der Waals surface area contributed by atoms with Crippen molar-refractivity contribution in [1.29, 1.82) is 0 Å². The first-order valence-corrected chi connectivity index (χ1v) is 8.14. The summed E-state index contributed by atoms with van der Waals surface area (Å²) in [5.41, 5.74) is -0.121. The first-order chi connectivity index (χ1) is 9.27. The molecule has 2 atom stereocenters. The lowest BCUT2D eigenvalue weighted by atomic mass is 10.2. The van der Waals surface area contributed by atoms with Gasteiger partial charge in [-0.2, -0.15) is 0 Å². The lowest BCUT2D eigenvalue weighted by Crippen LogP contribution is -2.30. The van der Waals surface area contributed by atoms with E-state index in [0.717, 1.165) is 16.8 Å². The average Bonchev–Trinajstić information content (AvgIpc) is 3.07. The molecule has 0 spiro atoms. The van der Waals surface area contributed by atoms with E-state index in [1.54, 1.807) is 0 Å². The summed E-state index contributed by atoms with van der Waals surface area (Å²) in [4.78, 5) is -0.482. The van der Waals surface area contributed by atoms with Gasteiger partial charge in [0, 0.05) is 24.2 Å². The average molecular weight is 322 g/mol. The minimum Gasteiger partial charge on any atom is -0.392 e. The number of aliphatic hydroxyl groups is 1. The first-order valence-electron chi connectivity index (χ1n) is 6.32. The minimum atomic E-state index is -3.94. The van der Waals surface area contributed by atoms with Crippen molar-refractivity contribution < 1.29 is 17.9 Å². The van der Waals surface area contributed by atoms with E-state index in [0.29, 0.717) is 18.4 Å². The largest absolute Gasteiger partial charge is 0.392 e. The molecule has 1 fully saturated rings. The fraction of sp³-hybridized carbons (Fsp3) is 0.538. The Morgan fingerprint density at radius 2 is 2.10 bits per heavy atom. The quantitative estimate of drug-likeness (QED) is 0.905. The molecule has 1 aliphatic rings. The molecule has 7 heteroatoms. The van der Waals surface area contributed by atoms with Crippen molar-refractivity contribution in [3.63, 3.8) is 0 Å². The predicted octanol–water partition coefficient (Wildman–Crippen LogP) is 2.25. The lowest BCUT2D eigenvalue weighted by Gasteiger charge is -2.18. The number of rotatable bonds is 5. The van der Waals surface area contributed by atoms with Crippen molar-refractivity contribution in [2.45, 2.75) is 24.8 Å². The first kappa shape index (κ1) is 15.7. The van der Waals surface area contributed by atoms with Crippen LogP contribution in [0.2, 0.25) is 5.02 Å². The maximum atomic E-state index is 14.1. The van der Waals surface area contributed by atoms with Crippen LogP contribution in [0.15, 0.2) is 17.0 Å². The van der Waals surface area contributed by atoms with E-state index < -0.39 is 27.3 Å². The Morgan fingerprint density at radius 3 is 2.60 bits per heavy atom. The van der Waals surface area contributed by atoms with Crippen LogP contribution < -0.4 is 0 Å². The van der Waals surface area contributed by atoms with Gasteiger partial charge in [-0.1, -0.05) is 18.5 Å². The van der Waals surface area contributed by atoms with Gasteiger partial charge in [0.15, 0.2) is 0 Å². The molecule has 1 aromatic rings. The van der Waals surface area contributed by atoms with Crippen LogP contribution in [0.4, 0.5) is 4.39 Å². The summed E-state index contributed by atoms with van der Waals surface area (Å²) in [6.45, 7) is 1.82. The monoisotopic (exact) mass is 321 g/mol. The molecule has 2 rings (SSSR count). The van der Waals surface area contributed by atoms with Crippen molar-refractivity contribution in [1.82, 2.24) is 4.31 Å². The molecule has 0 heterocycles. The molecule has 0 aliphatic heterocycles. The molecule has 1 aliphatic carbocycles. The van der Waals surface area contributed by atoms with Gasteiger partial charge in [0.2, 0.25) is 10.0 Å². The number of nitrogens with zero attached hydrogens (tertiary/aromatic N) is 1. The van der Waals surface area contributed by atoms with Crippen molar-refractivity contribution in [3.05, 3.63) is 28.5 Å². The number of benzene rings is 1. The maximum absolute atomic E-state index is 14.1. The van der Waals surface area contributed by atoms with Crippen molar-refractivity contribution in [2.75, 3.05) is 13.6 Å². The summed E-state index contributed by atoms with van der Waals surface area (Å²) in [6, 6.07) is 2.30. The zero-order valence-corrected chi connectivity index (χ0v) is 12.9. The van der Waals surface area contributed by atoms with Gasteiger partial charge in [-0.3, -0.25) is 0 Å². The van der Waals surface area contributed by atoms with Crippen LogP contribution in [-0.4, -0.2) is 31.4 Å². The second-order valence-electron chi connectivity index (χ2n) is 5.29. The van der Waals surface area contributed by atoms with Crippen LogP contribution in [0.3, 0.4) is 0 Å². The SMILES string of the molecule is CC1CC1CN(C)S(=O)(=O)c1cc(Cl)cc(CO)c1F. The van der Waals surface area contributed by atoms with Crippen molar-refractivity contribution in [2.24, 2.45) is 11.8 Å². The van der Waals surface area contributed by atoms with Crippen LogP contribution in [-0.2, 0) is 16.6 Å². The molecule has 0 aromatic heterocycles. The van der Waals surface area contributed by atoms with E-state index in [1.807, 2.05) is 0 Å². The third-order valence-electron chi connectivity index (χ3n) is 3.71. The van der Waals surface area contributed by atoms with Crippen LogP contribution >= 0.6 is 11.6 Å². The van der Waals surface area contributed by atoms with Gasteiger partial charge in [-0.05, 0) is 30.4 Å². The van der Waals surface area contributed by atoms with Crippen LogP contribution in [0.5, 0.6) is 0 Å². The predicted molar refractivity (Wildman–Crippen MR) is 74.4 cm³/mol. The van der Waals surface area contributed by atoms with E-state index in [9.17, 15) is 12.8 Å². The third-order valence-corrected chi connectivity index (χ3v) is 5.75. The van der Waals surface area contributed by atoms with Crippen molar-refractivity contribution >= 4 is 21.6 Å². The zero-order valence-electron chi connectivity index (χ0n) is 11.3. The molecular weight excluding hydrogens is 305 g/mol. The number of aliphatic hydroxyl groups excluding tert-OH is 1. The Hall–Kier alpha value is -0.690. The van der Waals surface area contributed by atoms with E-state index >= 15 is 0 Å². The molecule has 0 radical (unpaired) electrons. The third kappa shape index (κ3) is 2.98. The molecule has 0 saturated heterocycles. The Balaban J connectivity index is 2.35. The van der Waals surface area contributed by atoms with Gasteiger partial charge in [0.25, 0.3) is 0 Å². The maximum Gasteiger partial charge on any atom is 0.245 e. The standard InChI is InChI=1S/C13H17ClFNO3S/c1-8-3-9(8)6-16(2)20(18,19)12-5-11(14)4-10(7-17)13(12)15/h4-5,8-9,17H,3,6-7H2,1-2H3. The highest BCUT2D eigenvalue weighted by Crippen LogP contribution is 2.39. The molecule has 0 bridgehead atoms. The fourth-order valence-corrected chi connectivity index (χ4v) is 3.83. The molecular formula is C13H17ClFNO3S. The van der Waals surface area contributed by atoms with Gasteiger partial charge >= 0.3 is 0 Å². The van der Waals surface area contributed by atoms with Crippen LogP contribution in [0.1, 0.15) is 18.9 Å². The zero-order chi connectivity index (χ0) is 15.1. The molecule has 112 valence electrons. The van der Waals surface area contributed by atoms with Gasteiger partial charge in [-0.15, -0.1) is 0 Å². The smallest absolute Gasteiger partial charge is 0.245 e. The summed E-state index contributed by atoms with van der Waals surface area (Å²) in [5.74, 6) is -0.105. The van der Waals surface area contributed by atoms with E-state index in [2.05, 4.69) is 6.92 Å². The normalized spacial score (nSPS) is 22.3. The van der Waals surface area contributed by atoms with Gasteiger partial charge in [0.05, 0.1) is 6.61 Å². The molecule has 4 nitrogen and oxygen atoms in total. The number of hydrogen-bond acceptors (Lipinski definition) is 3. The van der Waals surface area contributed by atoms with Gasteiger partial charge in [-0.25, -0.2) is 17.1 Å². The summed E-state index contributed by atoms with van der Waals surface area (Å²) >= 11 is 5.79. The molecule has 1 aromatic carbocycles. The summed E-state index contributed by atoms with van der Waals surface area (Å²) < 4.78 is 40.0. The number of halogens is 2. The topological polar surface area (TPSA) is 57.6 Å². The number of hydrogen-bond donors (Lipinski definition) is 1. The summed E-state index contributed by atoms with van der Waals surface area (Å²) in [7, 11) is -2.51. The Bertz CT molecular complexity index is 620. The van der Waals surface area contributed by atoms with E-state index in [1.165, 1.54) is 13.1 Å². The Morgan fingerprint density at radius 1 is 1.50 bits per heavy atom.